The molecule has 1 saturated heterocycles. The van der Waals surface area contributed by atoms with Gasteiger partial charge >= 0.3 is 0 Å². The lowest BCUT2D eigenvalue weighted by Gasteiger charge is -2.06. The average Bonchev–Trinajstić information content (AvgIpc) is 3.11. The summed E-state index contributed by atoms with van der Waals surface area (Å²) < 4.78 is 0. The normalized spacial score (nSPS) is 18.1. The first-order chi connectivity index (χ1) is 9.81. The standard InChI is InChI=1S/C15H17N3OS/c19-14(12-6-7-16-9-12)18-15-17-10-13(20-15)8-11-4-2-1-3-5-11/h1-5,10,12,16H,6-9H2,(H,17,18,19). The second kappa shape index (κ2) is 6.15. The average molecular weight is 287 g/mol. The molecule has 2 N–H and O–H groups in total. The molecule has 104 valence electrons. The van der Waals surface area contributed by atoms with Crippen LogP contribution in [0.25, 0.3) is 0 Å². The molecule has 0 aliphatic carbocycles. The monoisotopic (exact) mass is 287 g/mol. The second-order valence-corrected chi connectivity index (χ2v) is 6.09. The van der Waals surface area contributed by atoms with Crippen molar-refractivity contribution in [1.29, 1.82) is 0 Å². The molecule has 1 atom stereocenters. The molecular formula is C15H17N3OS. The highest BCUT2D eigenvalue weighted by Gasteiger charge is 2.22. The van der Waals surface area contributed by atoms with Crippen molar-refractivity contribution in [3.8, 4) is 0 Å². The minimum absolute atomic E-state index is 0.0793. The second-order valence-electron chi connectivity index (χ2n) is 4.97. The first-order valence-corrected chi connectivity index (χ1v) is 7.63. The van der Waals surface area contributed by atoms with Crippen LogP contribution in [0.4, 0.5) is 5.13 Å². The summed E-state index contributed by atoms with van der Waals surface area (Å²) in [5.41, 5.74) is 1.26. The number of nitrogens with one attached hydrogen (secondary N) is 2. The van der Waals surface area contributed by atoms with Crippen LogP contribution in [0, 0.1) is 5.92 Å². The third-order valence-electron chi connectivity index (χ3n) is 3.44. The van der Waals surface area contributed by atoms with E-state index in [0.29, 0.717) is 5.13 Å². The fraction of sp³-hybridized carbons (Fsp3) is 0.333. The lowest BCUT2D eigenvalue weighted by Crippen LogP contribution is -2.24. The molecule has 0 radical (unpaired) electrons. The summed E-state index contributed by atoms with van der Waals surface area (Å²) in [5, 5.41) is 6.82. The van der Waals surface area contributed by atoms with Crippen molar-refractivity contribution in [2.45, 2.75) is 12.8 Å². The Hall–Kier alpha value is -1.72. The Bertz CT molecular complexity index is 576. The summed E-state index contributed by atoms with van der Waals surface area (Å²) in [7, 11) is 0. The third-order valence-corrected chi connectivity index (χ3v) is 4.35. The summed E-state index contributed by atoms with van der Waals surface area (Å²) in [6.07, 6.45) is 3.62. The number of benzene rings is 1. The summed E-state index contributed by atoms with van der Waals surface area (Å²) >= 11 is 1.55. The summed E-state index contributed by atoms with van der Waals surface area (Å²) in [6.45, 7) is 1.70. The lowest BCUT2D eigenvalue weighted by molar-refractivity contribution is -0.119. The molecule has 3 rings (SSSR count). The number of hydrogen-bond donors (Lipinski definition) is 2. The van der Waals surface area contributed by atoms with E-state index in [2.05, 4.69) is 27.8 Å². The van der Waals surface area contributed by atoms with Gasteiger partial charge in [-0.2, -0.15) is 0 Å². The van der Waals surface area contributed by atoms with Gasteiger partial charge in [0, 0.05) is 24.0 Å². The van der Waals surface area contributed by atoms with E-state index in [1.807, 2.05) is 24.4 Å². The molecule has 0 spiro atoms. The van der Waals surface area contributed by atoms with E-state index in [0.717, 1.165) is 30.8 Å². The van der Waals surface area contributed by atoms with Crippen LogP contribution in [0.5, 0.6) is 0 Å². The van der Waals surface area contributed by atoms with Crippen LogP contribution in [0.1, 0.15) is 16.9 Å². The Morgan fingerprint density at radius 3 is 3.00 bits per heavy atom. The predicted octanol–water partition coefficient (Wildman–Crippen LogP) is 2.28. The highest BCUT2D eigenvalue weighted by Crippen LogP contribution is 2.22. The van der Waals surface area contributed by atoms with Crippen molar-refractivity contribution in [3.05, 3.63) is 47.0 Å². The van der Waals surface area contributed by atoms with Gasteiger partial charge in [-0.3, -0.25) is 4.79 Å². The van der Waals surface area contributed by atoms with E-state index < -0.39 is 0 Å². The maximum absolute atomic E-state index is 12.0. The van der Waals surface area contributed by atoms with Gasteiger partial charge in [0.25, 0.3) is 0 Å². The Morgan fingerprint density at radius 2 is 2.25 bits per heavy atom. The Kier molecular flexibility index (Phi) is 4.08. The van der Waals surface area contributed by atoms with E-state index in [1.165, 1.54) is 5.56 Å². The molecule has 5 heteroatoms. The van der Waals surface area contributed by atoms with Crippen molar-refractivity contribution < 1.29 is 4.79 Å². The number of rotatable bonds is 4. The van der Waals surface area contributed by atoms with Crippen LogP contribution >= 0.6 is 11.3 Å². The Labute approximate surface area is 122 Å². The molecule has 1 aliphatic heterocycles. The van der Waals surface area contributed by atoms with Crippen LogP contribution < -0.4 is 10.6 Å². The molecule has 1 aliphatic rings. The highest BCUT2D eigenvalue weighted by molar-refractivity contribution is 7.15. The van der Waals surface area contributed by atoms with Gasteiger partial charge in [-0.1, -0.05) is 30.3 Å². The van der Waals surface area contributed by atoms with Crippen LogP contribution in [0.3, 0.4) is 0 Å². The highest BCUT2D eigenvalue weighted by atomic mass is 32.1. The molecule has 2 heterocycles. The molecule has 0 saturated carbocycles. The lowest BCUT2D eigenvalue weighted by atomic mass is 10.1. The van der Waals surface area contributed by atoms with Gasteiger partial charge in [-0.25, -0.2) is 4.98 Å². The van der Waals surface area contributed by atoms with E-state index in [9.17, 15) is 4.79 Å². The molecular weight excluding hydrogens is 270 g/mol. The zero-order valence-electron chi connectivity index (χ0n) is 11.1. The largest absolute Gasteiger partial charge is 0.316 e. The topological polar surface area (TPSA) is 54.0 Å². The molecule has 4 nitrogen and oxygen atoms in total. The summed E-state index contributed by atoms with van der Waals surface area (Å²) in [5.74, 6) is 0.159. The zero-order valence-corrected chi connectivity index (χ0v) is 12.0. The third kappa shape index (κ3) is 3.23. The van der Waals surface area contributed by atoms with Crippen molar-refractivity contribution in [2.24, 2.45) is 5.92 Å². The minimum Gasteiger partial charge on any atom is -0.316 e. The van der Waals surface area contributed by atoms with E-state index in [-0.39, 0.29) is 11.8 Å². The number of amides is 1. The summed E-state index contributed by atoms with van der Waals surface area (Å²) in [4.78, 5) is 17.5. The predicted molar refractivity (Wildman–Crippen MR) is 81.0 cm³/mol. The van der Waals surface area contributed by atoms with Crippen LogP contribution in [0.15, 0.2) is 36.5 Å². The fourth-order valence-corrected chi connectivity index (χ4v) is 3.18. The maximum atomic E-state index is 12.0. The quantitative estimate of drug-likeness (QED) is 0.907. The van der Waals surface area contributed by atoms with Gasteiger partial charge in [0.2, 0.25) is 5.91 Å². The SMILES string of the molecule is O=C(Nc1ncc(Cc2ccccc2)s1)C1CCNC1. The van der Waals surface area contributed by atoms with Gasteiger partial charge in [-0.05, 0) is 18.5 Å². The zero-order chi connectivity index (χ0) is 13.8. The molecule has 2 aromatic rings. The van der Waals surface area contributed by atoms with Crippen LogP contribution in [0.2, 0.25) is 0 Å². The number of carbonyl (C=O) groups excluding carboxylic acids is 1. The number of carbonyl (C=O) groups is 1. The van der Waals surface area contributed by atoms with Gasteiger partial charge in [-0.15, -0.1) is 11.3 Å². The Morgan fingerprint density at radius 1 is 1.40 bits per heavy atom. The fourth-order valence-electron chi connectivity index (χ4n) is 2.33. The minimum atomic E-state index is 0.0793. The van der Waals surface area contributed by atoms with E-state index in [1.54, 1.807) is 11.3 Å². The van der Waals surface area contributed by atoms with E-state index >= 15 is 0 Å². The van der Waals surface area contributed by atoms with Crippen LogP contribution in [-0.2, 0) is 11.2 Å². The van der Waals surface area contributed by atoms with Crippen molar-refractivity contribution in [2.75, 3.05) is 18.4 Å². The van der Waals surface area contributed by atoms with Crippen LogP contribution in [-0.4, -0.2) is 24.0 Å². The molecule has 1 unspecified atom stereocenters. The summed E-state index contributed by atoms with van der Waals surface area (Å²) in [6, 6.07) is 10.3. The molecule has 1 aromatic carbocycles. The maximum Gasteiger partial charge on any atom is 0.230 e. The molecule has 0 bridgehead atoms. The van der Waals surface area contributed by atoms with Gasteiger partial charge in [0.15, 0.2) is 5.13 Å². The molecule has 1 fully saturated rings. The number of thiazole rings is 1. The first-order valence-electron chi connectivity index (χ1n) is 6.81. The molecule has 1 amide bonds. The van der Waals surface area contributed by atoms with Gasteiger partial charge in [0.05, 0.1) is 5.92 Å². The number of aromatic nitrogens is 1. The van der Waals surface area contributed by atoms with Crippen molar-refractivity contribution in [3.63, 3.8) is 0 Å². The Balaban J connectivity index is 1.60. The van der Waals surface area contributed by atoms with Gasteiger partial charge < -0.3 is 10.6 Å². The number of anilines is 1. The smallest absolute Gasteiger partial charge is 0.230 e. The first kappa shape index (κ1) is 13.3. The molecule has 1 aromatic heterocycles. The number of nitrogens with zero attached hydrogens (tertiary/aromatic N) is 1. The van der Waals surface area contributed by atoms with Crippen molar-refractivity contribution in [1.82, 2.24) is 10.3 Å². The number of hydrogen-bond acceptors (Lipinski definition) is 4. The molecule has 20 heavy (non-hydrogen) atoms. The van der Waals surface area contributed by atoms with Gasteiger partial charge in [0.1, 0.15) is 0 Å². The van der Waals surface area contributed by atoms with Crippen molar-refractivity contribution >= 4 is 22.4 Å². The van der Waals surface area contributed by atoms with E-state index in [4.69, 9.17) is 0 Å².